The molecule has 2 rings (SSSR count). The summed E-state index contributed by atoms with van der Waals surface area (Å²) in [6.45, 7) is 0. The summed E-state index contributed by atoms with van der Waals surface area (Å²) in [5, 5.41) is 23.1. The second-order valence-corrected chi connectivity index (χ2v) is 4.52. The molecule has 0 aliphatic rings. The van der Waals surface area contributed by atoms with Gasteiger partial charge in [-0.05, 0) is 17.7 Å². The standard InChI is InChI=1S/C12H8N2O4S/c15-13(16)11(10-4-2-1-3-5-10)6-9-7-12(14(17)18)19-8-9/h1-8H. The molecule has 19 heavy (non-hydrogen) atoms. The lowest BCUT2D eigenvalue weighted by molar-refractivity contribution is -0.380. The average molecular weight is 276 g/mol. The Hall–Kier alpha value is -2.54. The van der Waals surface area contributed by atoms with Gasteiger partial charge in [-0.1, -0.05) is 29.5 Å². The third-order valence-electron chi connectivity index (χ3n) is 2.36. The van der Waals surface area contributed by atoms with Crippen molar-refractivity contribution in [2.24, 2.45) is 0 Å². The molecule has 6 nitrogen and oxygen atoms in total. The first-order valence-electron chi connectivity index (χ1n) is 5.22. The van der Waals surface area contributed by atoms with E-state index in [2.05, 4.69) is 0 Å². The molecule has 7 heteroatoms. The third kappa shape index (κ3) is 3.02. The molecule has 0 N–H and O–H groups in total. The molecular formula is C12H8N2O4S. The highest BCUT2D eigenvalue weighted by molar-refractivity contribution is 7.13. The molecule has 0 fully saturated rings. The number of benzene rings is 1. The molecule has 2 aromatic rings. The first-order chi connectivity index (χ1) is 9.08. The first kappa shape index (κ1) is 12.9. The lowest BCUT2D eigenvalue weighted by atomic mass is 10.1. The Balaban J connectivity index is 2.41. The second kappa shape index (κ2) is 5.40. The first-order valence-corrected chi connectivity index (χ1v) is 6.10. The summed E-state index contributed by atoms with van der Waals surface area (Å²) in [7, 11) is 0. The molecule has 0 amide bonds. The fraction of sp³-hybridized carbons (Fsp3) is 0. The maximum Gasteiger partial charge on any atom is 0.324 e. The van der Waals surface area contributed by atoms with E-state index in [1.165, 1.54) is 17.5 Å². The molecule has 0 aliphatic carbocycles. The Morgan fingerprint density at radius 1 is 1.16 bits per heavy atom. The molecule has 0 spiro atoms. The zero-order valence-corrected chi connectivity index (χ0v) is 10.4. The van der Waals surface area contributed by atoms with Crippen LogP contribution in [0.15, 0.2) is 41.8 Å². The summed E-state index contributed by atoms with van der Waals surface area (Å²) in [5.41, 5.74) is 0.821. The van der Waals surface area contributed by atoms with E-state index in [1.807, 2.05) is 0 Å². The molecule has 0 radical (unpaired) electrons. The molecule has 1 aromatic heterocycles. The summed E-state index contributed by atoms with van der Waals surface area (Å²) >= 11 is 0.940. The molecule has 1 aromatic carbocycles. The smallest absolute Gasteiger partial charge is 0.258 e. The van der Waals surface area contributed by atoms with Crippen molar-refractivity contribution >= 4 is 28.1 Å². The lowest BCUT2D eigenvalue weighted by Crippen LogP contribution is -1.97. The predicted octanol–water partition coefficient (Wildman–Crippen LogP) is 3.43. The van der Waals surface area contributed by atoms with E-state index in [-0.39, 0.29) is 10.7 Å². The number of nitrogens with zero attached hydrogens (tertiary/aromatic N) is 2. The molecule has 0 saturated heterocycles. The normalized spacial score (nSPS) is 11.3. The third-order valence-corrected chi connectivity index (χ3v) is 3.25. The zero-order chi connectivity index (χ0) is 13.8. The minimum atomic E-state index is -0.518. The summed E-state index contributed by atoms with van der Waals surface area (Å²) < 4.78 is 0. The van der Waals surface area contributed by atoms with Crippen LogP contribution in [0.25, 0.3) is 11.8 Å². The van der Waals surface area contributed by atoms with Crippen LogP contribution < -0.4 is 0 Å². The van der Waals surface area contributed by atoms with E-state index in [1.54, 1.807) is 30.3 Å². The second-order valence-electron chi connectivity index (χ2n) is 3.63. The Morgan fingerprint density at radius 2 is 1.84 bits per heavy atom. The Labute approximate surface area is 111 Å². The van der Waals surface area contributed by atoms with Gasteiger partial charge < -0.3 is 0 Å². The number of hydrogen-bond acceptors (Lipinski definition) is 5. The highest BCUT2D eigenvalue weighted by Crippen LogP contribution is 2.26. The number of hydrogen-bond donors (Lipinski definition) is 0. The van der Waals surface area contributed by atoms with E-state index in [0.29, 0.717) is 11.1 Å². The van der Waals surface area contributed by atoms with Crippen LogP contribution in [-0.4, -0.2) is 9.85 Å². The highest BCUT2D eigenvalue weighted by Gasteiger charge is 2.16. The molecule has 0 bridgehead atoms. The molecular weight excluding hydrogens is 268 g/mol. The van der Waals surface area contributed by atoms with Gasteiger partial charge in [0.25, 0.3) is 5.70 Å². The largest absolute Gasteiger partial charge is 0.324 e. The topological polar surface area (TPSA) is 86.3 Å². The minimum absolute atomic E-state index is 0.0398. The molecule has 1 heterocycles. The predicted molar refractivity (Wildman–Crippen MR) is 72.3 cm³/mol. The van der Waals surface area contributed by atoms with Crippen LogP contribution in [0.5, 0.6) is 0 Å². The molecule has 0 atom stereocenters. The van der Waals surface area contributed by atoms with E-state index in [4.69, 9.17) is 0 Å². The van der Waals surface area contributed by atoms with Gasteiger partial charge in [0.05, 0.1) is 15.4 Å². The van der Waals surface area contributed by atoms with Gasteiger partial charge in [-0.3, -0.25) is 20.2 Å². The quantitative estimate of drug-likeness (QED) is 0.632. The average Bonchev–Trinajstić information content (AvgIpc) is 2.85. The van der Waals surface area contributed by atoms with E-state index in [0.717, 1.165) is 11.3 Å². The Bertz CT molecular complexity index is 649. The van der Waals surface area contributed by atoms with E-state index < -0.39 is 9.85 Å². The SMILES string of the molecule is O=[N+]([O-])C(=Cc1csc([N+](=O)[O-])c1)c1ccccc1. The molecule has 0 unspecified atom stereocenters. The van der Waals surface area contributed by atoms with Crippen LogP contribution in [0, 0.1) is 20.2 Å². The van der Waals surface area contributed by atoms with E-state index >= 15 is 0 Å². The molecule has 0 saturated carbocycles. The van der Waals surface area contributed by atoms with Crippen LogP contribution in [0.1, 0.15) is 11.1 Å². The van der Waals surface area contributed by atoms with Crippen molar-refractivity contribution in [2.45, 2.75) is 0 Å². The van der Waals surface area contributed by atoms with Gasteiger partial charge in [0.1, 0.15) is 0 Å². The van der Waals surface area contributed by atoms with Crippen molar-refractivity contribution in [1.82, 2.24) is 0 Å². The maximum absolute atomic E-state index is 11.1. The maximum atomic E-state index is 11.1. The van der Waals surface area contributed by atoms with Crippen LogP contribution in [0.3, 0.4) is 0 Å². The van der Waals surface area contributed by atoms with Gasteiger partial charge in [0.15, 0.2) is 0 Å². The number of nitro groups is 2. The van der Waals surface area contributed by atoms with Gasteiger partial charge in [0, 0.05) is 17.5 Å². The molecule has 0 aliphatic heterocycles. The van der Waals surface area contributed by atoms with Crippen molar-refractivity contribution in [2.75, 3.05) is 0 Å². The van der Waals surface area contributed by atoms with Gasteiger partial charge in [-0.2, -0.15) is 0 Å². The van der Waals surface area contributed by atoms with Crippen LogP contribution in [-0.2, 0) is 0 Å². The lowest BCUT2D eigenvalue weighted by Gasteiger charge is -1.97. The summed E-state index contributed by atoms with van der Waals surface area (Å²) in [6.07, 6.45) is 1.33. The monoisotopic (exact) mass is 276 g/mol. The number of rotatable bonds is 4. The summed E-state index contributed by atoms with van der Waals surface area (Å²) in [4.78, 5) is 20.6. The van der Waals surface area contributed by atoms with Gasteiger partial charge >= 0.3 is 5.00 Å². The molecule has 96 valence electrons. The van der Waals surface area contributed by atoms with Crippen LogP contribution >= 0.6 is 11.3 Å². The van der Waals surface area contributed by atoms with Crippen molar-refractivity contribution in [3.8, 4) is 0 Å². The van der Waals surface area contributed by atoms with Gasteiger partial charge in [-0.15, -0.1) is 0 Å². The summed E-state index contributed by atoms with van der Waals surface area (Å²) in [6, 6.07) is 9.71. The van der Waals surface area contributed by atoms with Crippen LogP contribution in [0.4, 0.5) is 5.00 Å². The zero-order valence-electron chi connectivity index (χ0n) is 9.55. The number of thiophene rings is 1. The van der Waals surface area contributed by atoms with Crippen molar-refractivity contribution in [3.63, 3.8) is 0 Å². The minimum Gasteiger partial charge on any atom is -0.258 e. The van der Waals surface area contributed by atoms with Crippen molar-refractivity contribution in [1.29, 1.82) is 0 Å². The van der Waals surface area contributed by atoms with Crippen molar-refractivity contribution < 1.29 is 9.85 Å². The fourth-order valence-corrected chi connectivity index (χ4v) is 2.20. The Morgan fingerprint density at radius 3 is 2.37 bits per heavy atom. The highest BCUT2D eigenvalue weighted by atomic mass is 32.1. The van der Waals surface area contributed by atoms with E-state index in [9.17, 15) is 20.2 Å². The fourth-order valence-electron chi connectivity index (χ4n) is 1.52. The Kier molecular flexibility index (Phi) is 3.67. The van der Waals surface area contributed by atoms with Crippen LogP contribution in [0.2, 0.25) is 0 Å². The van der Waals surface area contributed by atoms with Crippen molar-refractivity contribution in [3.05, 3.63) is 73.1 Å². The van der Waals surface area contributed by atoms with Gasteiger partial charge in [0.2, 0.25) is 0 Å². The summed E-state index contributed by atoms with van der Waals surface area (Å²) in [5.74, 6) is 0. The van der Waals surface area contributed by atoms with Gasteiger partial charge in [-0.25, -0.2) is 0 Å².